The van der Waals surface area contributed by atoms with Crippen LogP contribution < -0.4 is 9.80 Å². The molecule has 2 aliphatic rings. The minimum Gasteiger partial charge on any atom is -0.355 e. The fourth-order valence-corrected chi connectivity index (χ4v) is 24.9. The molecule has 30 aromatic rings. The van der Waals surface area contributed by atoms with Crippen molar-refractivity contribution in [2.24, 2.45) is 0 Å². The van der Waals surface area contributed by atoms with Gasteiger partial charge in [-0.1, -0.05) is 388 Å². The number of nitrogens with zero attached hydrogens (tertiary/aromatic N) is 9. The number of anilines is 6. The molecule has 692 valence electrons. The van der Waals surface area contributed by atoms with Crippen molar-refractivity contribution in [1.82, 2.24) is 38.2 Å². The zero-order chi connectivity index (χ0) is 97.6. The minimum absolute atomic E-state index is 0.631. The summed E-state index contributed by atoms with van der Waals surface area (Å²) < 4.78 is 10.0. The van der Waals surface area contributed by atoms with Crippen molar-refractivity contribution < 1.29 is 0 Å². The van der Waals surface area contributed by atoms with Crippen LogP contribution in [0.4, 0.5) is 34.1 Å². The normalized spacial score (nSPS) is 12.3. The number of nitrogens with one attached hydrogen (secondary N) is 1. The van der Waals surface area contributed by atoms with Gasteiger partial charge in [-0.05, 0) is 182 Å². The Bertz CT molecular complexity index is 10300. The molecule has 0 saturated carbocycles. The second-order valence-electron chi connectivity index (χ2n) is 39.2. The lowest BCUT2D eigenvalue weighted by Crippen LogP contribution is -2.11. The van der Waals surface area contributed by atoms with Crippen LogP contribution in [0.5, 0.6) is 0 Å². The van der Waals surface area contributed by atoms with Crippen LogP contribution in [0.3, 0.4) is 0 Å². The molecule has 0 atom stereocenters. The molecule has 0 saturated heterocycles. The Morgan fingerprint density at radius 2 is 0.423 bits per heavy atom. The molecule has 0 bridgehead atoms. The summed E-state index contributed by atoms with van der Waals surface area (Å²) in [5.41, 5.74) is 38.0. The summed E-state index contributed by atoms with van der Waals surface area (Å²) in [7, 11) is 0. The number of hydrogen-bond acceptors (Lipinski definition) is 5. The van der Waals surface area contributed by atoms with E-state index in [9.17, 15) is 0 Å². The highest BCUT2D eigenvalue weighted by atomic mass is 15.2. The van der Waals surface area contributed by atoms with E-state index in [1.165, 1.54) is 159 Å². The summed E-state index contributed by atoms with van der Waals surface area (Å²) in [6.07, 6.45) is 0. The first kappa shape index (κ1) is 83.5. The maximum absolute atomic E-state index is 5.33. The molecular weight excluding hydrogens is 1810 g/mol. The fraction of sp³-hybridized carbons (Fsp3) is 0. The van der Waals surface area contributed by atoms with E-state index in [0.29, 0.717) is 17.5 Å². The molecule has 24 aromatic carbocycles. The lowest BCUT2D eigenvalue weighted by molar-refractivity contribution is 1.08. The van der Waals surface area contributed by atoms with Gasteiger partial charge in [0.25, 0.3) is 0 Å². The first-order valence-corrected chi connectivity index (χ1v) is 51.0. The van der Waals surface area contributed by atoms with Crippen molar-refractivity contribution in [3.63, 3.8) is 0 Å². The van der Waals surface area contributed by atoms with E-state index >= 15 is 0 Å². The molecule has 0 spiro atoms. The molecule has 0 radical (unpaired) electrons. The lowest BCUT2D eigenvalue weighted by Gasteiger charge is -2.28. The molecule has 0 fully saturated rings. The van der Waals surface area contributed by atoms with Gasteiger partial charge in [0.1, 0.15) is 0 Å². The van der Waals surface area contributed by atoms with Crippen LogP contribution in [0.15, 0.2) is 516 Å². The van der Waals surface area contributed by atoms with E-state index in [1.807, 2.05) is 36.4 Å². The quantitative estimate of drug-likeness (QED) is 0.138. The van der Waals surface area contributed by atoms with Gasteiger partial charge in [0, 0.05) is 148 Å². The van der Waals surface area contributed by atoms with E-state index in [4.69, 9.17) is 15.0 Å². The van der Waals surface area contributed by atoms with Gasteiger partial charge < -0.3 is 33.1 Å². The number of para-hydroxylation sites is 9. The maximum atomic E-state index is 5.33. The molecule has 32 rings (SSSR count). The SMILES string of the molecule is c1cc(N2c3ccccc3-c3ccccc3-c3ccccc32)cc(-n2c3ccccc3c3cc4c(cc32)c2ccccc2n4-c2cccc(N3c4ccccc4-c4ccccc4-c4ccccc43)c2)c1.c1ccc(-c2nc(-c3ccccc3)nc(-c3c4ccccc4c(-n4c5ccccc5c5cc6c(cc54)c4ccccc4n6-c4c5ccccc5c(-c5ccc6[nH]c7ccccc7c6c5)c5ccccc45)c4ccccc34)n2)cc1. The average molecular weight is 1900 g/mol. The Labute approximate surface area is 856 Å². The molecule has 0 unspecified atom stereocenters. The van der Waals surface area contributed by atoms with E-state index < -0.39 is 0 Å². The largest absolute Gasteiger partial charge is 0.355 e. The number of fused-ring (bicyclic) bond motifs is 29. The van der Waals surface area contributed by atoms with Crippen LogP contribution in [-0.4, -0.2) is 38.2 Å². The van der Waals surface area contributed by atoms with Crippen molar-refractivity contribution in [2.45, 2.75) is 0 Å². The first-order valence-electron chi connectivity index (χ1n) is 51.0. The third-order valence-electron chi connectivity index (χ3n) is 31.2. The second-order valence-corrected chi connectivity index (χ2v) is 39.2. The van der Waals surface area contributed by atoms with E-state index in [0.717, 1.165) is 123 Å². The van der Waals surface area contributed by atoms with Gasteiger partial charge in [-0.15, -0.1) is 0 Å². The molecule has 10 nitrogen and oxygen atoms in total. The highest BCUT2D eigenvalue weighted by molar-refractivity contribution is 6.27. The Morgan fingerprint density at radius 3 is 0.799 bits per heavy atom. The van der Waals surface area contributed by atoms with E-state index in [2.05, 4.69) is 512 Å². The maximum Gasteiger partial charge on any atom is 0.165 e. The molecular formula is C139H86N10. The van der Waals surface area contributed by atoms with Gasteiger partial charge in [-0.3, -0.25) is 0 Å². The van der Waals surface area contributed by atoms with Crippen LogP contribution in [0.1, 0.15) is 0 Å². The van der Waals surface area contributed by atoms with Crippen LogP contribution in [0, 0.1) is 0 Å². The summed E-state index contributed by atoms with van der Waals surface area (Å²) >= 11 is 0. The standard InChI is InChI=1S/C73H44N6.C66H42N4/c1-3-21-44(22-4-1)71-75-72(45-23-5-2-6-24-45)77-73(76-71)68-52-30-9-13-34-56(52)70(57-35-14-10-31-53(57)68)79-64-38-20-17-27-49(64)60-42-65-59(43-66(60)79)48-26-16-19-37-63(48)78(65)69-54-32-11-7-28-50(54)67(51-29-8-12-33-55(51)69)46-39-40-62-58(41-46)47-25-15-18-36-61(47)74-62;1-2-24-48-47(23-1)51-27-5-11-33-59(51)67(60-34-12-6-28-52(48)60)43-19-17-21-45(39-43)69-63-37-15-9-31-55(63)57-42-66-58(41-65(57)69)56-32-10-16-38-64(56)70(66)46-22-18-20-44(40-46)68-61-35-13-7-29-53(61)49-25-3-4-26-50(49)54-30-8-14-36-62(54)68/h1-43,74H;1-42H. The Balaban J connectivity index is 0.000000135. The van der Waals surface area contributed by atoms with Crippen LogP contribution in [0.25, 0.3) is 265 Å². The molecule has 0 aliphatic carbocycles. The Morgan fingerprint density at radius 1 is 0.148 bits per heavy atom. The van der Waals surface area contributed by atoms with Gasteiger partial charge in [0.2, 0.25) is 0 Å². The smallest absolute Gasteiger partial charge is 0.165 e. The van der Waals surface area contributed by atoms with Crippen molar-refractivity contribution in [2.75, 3.05) is 9.80 Å². The Kier molecular flexibility index (Phi) is 18.6. The van der Waals surface area contributed by atoms with Crippen molar-refractivity contribution in [1.29, 1.82) is 0 Å². The fourth-order valence-electron chi connectivity index (χ4n) is 24.9. The number of aromatic amines is 1. The molecule has 2 aliphatic heterocycles. The zero-order valence-electron chi connectivity index (χ0n) is 80.6. The summed E-state index contributed by atoms with van der Waals surface area (Å²) in [4.78, 5) is 24.3. The highest BCUT2D eigenvalue weighted by Gasteiger charge is 2.33. The van der Waals surface area contributed by atoms with Crippen LogP contribution >= 0.6 is 0 Å². The third-order valence-corrected chi connectivity index (χ3v) is 31.2. The first-order chi connectivity index (χ1) is 74.0. The molecule has 8 heterocycles. The van der Waals surface area contributed by atoms with Gasteiger partial charge in [0.05, 0.1) is 78.3 Å². The number of H-pyrrole nitrogens is 1. The van der Waals surface area contributed by atoms with Crippen LogP contribution in [-0.2, 0) is 0 Å². The number of aromatic nitrogens is 8. The monoisotopic (exact) mass is 1890 g/mol. The van der Waals surface area contributed by atoms with Crippen molar-refractivity contribution in [3.05, 3.63) is 516 Å². The molecule has 0 amide bonds. The van der Waals surface area contributed by atoms with E-state index in [-0.39, 0.29) is 0 Å². The highest BCUT2D eigenvalue weighted by Crippen LogP contribution is 2.56. The topological polar surface area (TPSA) is 80.7 Å². The van der Waals surface area contributed by atoms with Gasteiger partial charge in [-0.25, -0.2) is 15.0 Å². The molecule has 6 aromatic heterocycles. The summed E-state index contributed by atoms with van der Waals surface area (Å²) in [6, 6.07) is 188. The van der Waals surface area contributed by atoms with Gasteiger partial charge in [-0.2, -0.15) is 0 Å². The van der Waals surface area contributed by atoms with E-state index in [1.54, 1.807) is 0 Å². The van der Waals surface area contributed by atoms with Crippen molar-refractivity contribution >= 4 is 186 Å². The minimum atomic E-state index is 0.631. The number of benzene rings is 24. The predicted molar refractivity (Wildman–Crippen MR) is 623 cm³/mol. The Hall–Kier alpha value is -20.1. The van der Waals surface area contributed by atoms with Gasteiger partial charge in [0.15, 0.2) is 17.5 Å². The van der Waals surface area contributed by atoms with Crippen molar-refractivity contribution in [3.8, 4) is 113 Å². The summed E-state index contributed by atoms with van der Waals surface area (Å²) in [5.74, 6) is 1.90. The molecule has 1 N–H and O–H groups in total. The summed E-state index contributed by atoms with van der Waals surface area (Å²) in [5, 5.41) is 21.2. The average Bonchev–Trinajstić information content (AvgIpc) is 1.55. The predicted octanol–water partition coefficient (Wildman–Crippen LogP) is 37.1. The molecule has 10 heteroatoms. The third kappa shape index (κ3) is 12.8. The molecule has 149 heavy (non-hydrogen) atoms. The number of hydrogen-bond donors (Lipinski definition) is 1. The lowest BCUT2D eigenvalue weighted by atomic mass is 9.90. The zero-order valence-corrected chi connectivity index (χ0v) is 80.6. The number of rotatable bonds is 10. The second kappa shape index (κ2) is 33.3. The van der Waals surface area contributed by atoms with Gasteiger partial charge >= 0.3 is 0 Å². The van der Waals surface area contributed by atoms with Crippen LogP contribution in [0.2, 0.25) is 0 Å². The summed E-state index contributed by atoms with van der Waals surface area (Å²) in [6.45, 7) is 0.